The third kappa shape index (κ3) is 9.86. The molecule has 0 bridgehead atoms. The van der Waals surface area contributed by atoms with Gasteiger partial charge in [0.05, 0.1) is 11.3 Å². The highest BCUT2D eigenvalue weighted by Gasteiger charge is 2.63. The molecule has 3 heterocycles. The molecule has 61 heavy (non-hydrogen) atoms. The van der Waals surface area contributed by atoms with Gasteiger partial charge in [-0.25, -0.2) is 17.6 Å². The predicted molar refractivity (Wildman–Crippen MR) is 216 cm³/mol. The molecule has 3 N–H and O–H groups in total. The second-order valence-corrected chi connectivity index (χ2v) is 20.2. The molecule has 1 aromatic carbocycles. The third-order valence-electron chi connectivity index (χ3n) is 12.3. The van der Waals surface area contributed by atoms with Crippen molar-refractivity contribution in [1.82, 2.24) is 25.2 Å². The van der Waals surface area contributed by atoms with Crippen LogP contribution in [0.15, 0.2) is 36.4 Å². The zero-order chi connectivity index (χ0) is 44.9. The lowest BCUT2D eigenvalue weighted by molar-refractivity contribution is -0.244. The molecule has 14 nitrogen and oxygen atoms in total. The lowest BCUT2D eigenvalue weighted by Crippen LogP contribution is -2.59. The predicted octanol–water partition coefficient (Wildman–Crippen LogP) is 5.95. The van der Waals surface area contributed by atoms with E-state index in [4.69, 9.17) is 14.2 Å². The molecule has 2 aliphatic carbocycles. The molecular weight excluding hydrogens is 827 g/mol. The lowest BCUT2D eigenvalue weighted by atomic mass is 9.88. The van der Waals surface area contributed by atoms with Gasteiger partial charge in [-0.05, 0) is 102 Å². The normalized spacial score (nSPS) is 28.6. The number of nitrogens with one attached hydrogen (secondary N) is 3. The number of benzene rings is 1. The molecule has 3 fully saturated rings. The number of alkyl carbamates (subject to hydrolysis) is 1. The van der Waals surface area contributed by atoms with E-state index in [9.17, 15) is 45.2 Å². The molecule has 8 atom stereocenters. The quantitative estimate of drug-likeness (QED) is 0.191. The summed E-state index contributed by atoms with van der Waals surface area (Å²) in [6, 6.07) is 4.15. The van der Waals surface area contributed by atoms with Crippen molar-refractivity contribution in [2.24, 2.45) is 17.8 Å². The summed E-state index contributed by atoms with van der Waals surface area (Å²) in [7, 11) is -4.11. The van der Waals surface area contributed by atoms with Crippen molar-refractivity contribution < 1.29 is 59.4 Å². The topological polar surface area (TPSA) is 182 Å². The highest BCUT2D eigenvalue weighted by atomic mass is 32.2. The number of ether oxygens (including phenoxy) is 3. The number of rotatable bonds is 10. The van der Waals surface area contributed by atoms with Crippen LogP contribution in [0, 0.1) is 24.7 Å². The van der Waals surface area contributed by atoms with Crippen molar-refractivity contribution in [1.29, 1.82) is 0 Å². The first-order valence-electron chi connectivity index (χ1n) is 20.6. The van der Waals surface area contributed by atoms with Gasteiger partial charge in [0.2, 0.25) is 39.2 Å². The number of amides is 4. The molecule has 1 saturated heterocycles. The van der Waals surface area contributed by atoms with Crippen LogP contribution >= 0.6 is 0 Å². The molecule has 4 aliphatic rings. The van der Waals surface area contributed by atoms with E-state index in [1.165, 1.54) is 13.8 Å². The van der Waals surface area contributed by atoms with Crippen LogP contribution < -0.4 is 24.8 Å². The smallest absolute Gasteiger partial charge is 0.427 e. The highest BCUT2D eigenvalue weighted by Crippen LogP contribution is 2.48. The van der Waals surface area contributed by atoms with Crippen LogP contribution in [0.2, 0.25) is 0 Å². The monoisotopic (exact) mass is 881 g/mol. The Morgan fingerprint density at radius 1 is 1.11 bits per heavy atom. The second kappa shape index (κ2) is 16.9. The van der Waals surface area contributed by atoms with Crippen LogP contribution in [0.3, 0.4) is 0 Å². The lowest BCUT2D eigenvalue weighted by Gasteiger charge is -2.34. The molecule has 4 amide bonds. The summed E-state index contributed by atoms with van der Waals surface area (Å²) >= 11 is 0. The van der Waals surface area contributed by atoms with Crippen LogP contribution in [-0.4, -0.2) is 102 Å². The van der Waals surface area contributed by atoms with Gasteiger partial charge in [-0.15, -0.1) is 0 Å². The van der Waals surface area contributed by atoms with Gasteiger partial charge < -0.3 is 29.7 Å². The molecule has 0 radical (unpaired) electrons. The van der Waals surface area contributed by atoms with Crippen molar-refractivity contribution in [3.05, 3.63) is 42.0 Å². The minimum absolute atomic E-state index is 0.0557. The zero-order valence-electron chi connectivity index (χ0n) is 35.4. The zero-order valence-corrected chi connectivity index (χ0v) is 36.2. The first-order valence-corrected chi connectivity index (χ1v) is 22.1. The van der Waals surface area contributed by atoms with Gasteiger partial charge in [-0.1, -0.05) is 38.1 Å². The van der Waals surface area contributed by atoms with Gasteiger partial charge >= 0.3 is 12.3 Å². The summed E-state index contributed by atoms with van der Waals surface area (Å²) in [5.74, 6) is -3.77. The Balaban J connectivity index is 1.37. The van der Waals surface area contributed by atoms with Gasteiger partial charge in [0, 0.05) is 23.8 Å². The van der Waals surface area contributed by atoms with Crippen molar-refractivity contribution >= 4 is 44.6 Å². The molecule has 6 rings (SSSR count). The SMILES string of the molecule is Cc1cccc2c(OC3CC4C(=O)NC5(C(=O)NS(=O)(=O)C6(C)CC6)CC5C=CCCC(C)CC(C)C(NC(=O)OC(C)(C)C(F)(F)F)C(=O)N4C3)nc(OCC(C)F)cc12. The summed E-state index contributed by atoms with van der Waals surface area (Å²) in [4.78, 5) is 62.3. The Morgan fingerprint density at radius 3 is 2.48 bits per heavy atom. The number of fused-ring (bicyclic) bond motifs is 3. The van der Waals surface area contributed by atoms with E-state index in [1.807, 2.05) is 26.0 Å². The van der Waals surface area contributed by atoms with E-state index in [0.717, 1.165) is 10.5 Å². The van der Waals surface area contributed by atoms with E-state index in [1.54, 1.807) is 31.2 Å². The molecule has 19 heteroatoms. The fraction of sp³-hybridized carbons (Fsp3) is 0.643. The van der Waals surface area contributed by atoms with Gasteiger partial charge in [0.1, 0.15) is 36.5 Å². The van der Waals surface area contributed by atoms with Crippen LogP contribution in [-0.2, 0) is 29.1 Å². The standard InChI is InChI=1S/C42H55F4N5O9S/c1-23-11-8-9-13-27-20-41(27,37(54)50-61(56,57)40(7)15-16-40)49-34(52)31-18-28(59-35-29-14-10-12-24(2)30(29)19-32(47-35)58-22-26(4)43)21-51(31)36(53)33(25(3)17-23)48-38(55)60-39(5,6)42(44,45)46/h9-10,12-14,19,23,25-28,31,33H,8,11,15-18,20-22H2,1-7H3,(H,48,55)(H,49,52)(H,50,54). The van der Waals surface area contributed by atoms with Crippen LogP contribution in [0.4, 0.5) is 22.4 Å². The van der Waals surface area contributed by atoms with E-state index in [-0.39, 0.29) is 43.7 Å². The van der Waals surface area contributed by atoms with Gasteiger partial charge in [0.15, 0.2) is 0 Å². The van der Waals surface area contributed by atoms with Crippen LogP contribution in [0.5, 0.6) is 11.8 Å². The van der Waals surface area contributed by atoms with Crippen LogP contribution in [0.1, 0.15) is 92.1 Å². The summed E-state index contributed by atoms with van der Waals surface area (Å²) in [5.41, 5.74) is -3.77. The molecule has 2 aromatic rings. The maximum atomic E-state index is 14.8. The van der Waals surface area contributed by atoms with Gasteiger partial charge in [0.25, 0.3) is 5.91 Å². The summed E-state index contributed by atoms with van der Waals surface area (Å²) in [6.07, 6.45) is -3.04. The number of alkyl halides is 4. The average molecular weight is 882 g/mol. The molecule has 8 unspecified atom stereocenters. The molecule has 0 spiro atoms. The molecule has 2 saturated carbocycles. The summed E-state index contributed by atoms with van der Waals surface area (Å²) in [5, 5.41) is 6.38. The molecule has 1 aromatic heterocycles. The fourth-order valence-corrected chi connectivity index (χ4v) is 9.25. The van der Waals surface area contributed by atoms with Crippen molar-refractivity contribution in [2.75, 3.05) is 13.2 Å². The number of nitrogens with zero attached hydrogens (tertiary/aromatic N) is 2. The van der Waals surface area contributed by atoms with Gasteiger partial charge in [-0.3, -0.25) is 19.1 Å². The van der Waals surface area contributed by atoms with Crippen molar-refractivity contribution in [2.45, 2.75) is 140 Å². The minimum atomic E-state index is -4.94. The Morgan fingerprint density at radius 2 is 1.82 bits per heavy atom. The number of sulfonamides is 1. The van der Waals surface area contributed by atoms with Gasteiger partial charge in [-0.2, -0.15) is 18.2 Å². The van der Waals surface area contributed by atoms with Crippen molar-refractivity contribution in [3.63, 3.8) is 0 Å². The summed E-state index contributed by atoms with van der Waals surface area (Å²) in [6.45, 7) is 9.07. The van der Waals surface area contributed by atoms with E-state index in [2.05, 4.69) is 20.3 Å². The number of carbonyl (C=O) groups is 4. The Labute approximate surface area is 352 Å². The highest BCUT2D eigenvalue weighted by molar-refractivity contribution is 7.91. The Bertz CT molecular complexity index is 2180. The number of aromatic nitrogens is 1. The number of pyridine rings is 1. The number of hydrogen-bond donors (Lipinski definition) is 3. The second-order valence-electron chi connectivity index (χ2n) is 18.0. The van der Waals surface area contributed by atoms with E-state index < -0.39 is 92.1 Å². The van der Waals surface area contributed by atoms with E-state index in [0.29, 0.717) is 56.7 Å². The number of halogens is 4. The fourth-order valence-electron chi connectivity index (χ4n) is 7.94. The minimum Gasteiger partial charge on any atom is -0.474 e. The van der Waals surface area contributed by atoms with Crippen molar-refractivity contribution in [3.8, 4) is 11.8 Å². The average Bonchev–Trinajstić information content (AvgIpc) is 4.04. The first-order chi connectivity index (χ1) is 28.4. The molecule has 2 aliphatic heterocycles. The maximum absolute atomic E-state index is 14.8. The number of allylic oxidation sites excluding steroid dienone is 1. The number of hydrogen-bond acceptors (Lipinski definition) is 10. The largest absolute Gasteiger partial charge is 0.474 e. The Hall–Kier alpha value is -4.68. The third-order valence-corrected chi connectivity index (χ3v) is 14.5. The molecular formula is C42H55F4N5O9S. The Kier molecular flexibility index (Phi) is 12.7. The van der Waals surface area contributed by atoms with Crippen LogP contribution in [0.25, 0.3) is 10.8 Å². The first kappa shape index (κ1) is 45.8. The van der Waals surface area contributed by atoms with E-state index >= 15 is 0 Å². The summed E-state index contributed by atoms with van der Waals surface area (Å²) < 4.78 is 99.6. The molecule has 336 valence electrons. The number of aryl methyl sites for hydroxylation is 1. The number of carbonyl (C=O) groups excluding carboxylic acids is 4. The maximum Gasteiger partial charge on any atom is 0.427 e.